The second-order valence-corrected chi connectivity index (χ2v) is 10.8. The highest BCUT2D eigenvalue weighted by Crippen LogP contribution is 2.25. The van der Waals surface area contributed by atoms with Crippen LogP contribution in [0.2, 0.25) is 0 Å². The van der Waals surface area contributed by atoms with Gasteiger partial charge in [0.2, 0.25) is 0 Å². The molecular weight excluding hydrogens is 540 g/mol. The second kappa shape index (κ2) is 15.1. The number of esters is 2. The minimum absolute atomic E-state index is 0.0414. The Kier molecular flexibility index (Phi) is 10.5. The van der Waals surface area contributed by atoms with Gasteiger partial charge < -0.3 is 18.9 Å². The molecule has 4 aromatic rings. The maximum absolute atomic E-state index is 12.7. The van der Waals surface area contributed by atoms with E-state index in [2.05, 4.69) is 0 Å². The van der Waals surface area contributed by atoms with Crippen molar-refractivity contribution in [1.82, 2.24) is 0 Å². The maximum atomic E-state index is 12.7. The third-order valence-corrected chi connectivity index (χ3v) is 7.45. The second-order valence-electron chi connectivity index (χ2n) is 10.8. The van der Waals surface area contributed by atoms with Crippen LogP contribution in [0.4, 0.5) is 0 Å². The number of carbonyl (C=O) groups is 2. The third kappa shape index (κ3) is 8.71. The topological polar surface area (TPSA) is 71.1 Å². The van der Waals surface area contributed by atoms with E-state index in [1.807, 2.05) is 72.8 Å². The molecule has 0 unspecified atom stereocenters. The molecule has 6 heteroatoms. The molecule has 8 heterocycles. The molecule has 12 rings (SSSR count). The number of rotatable bonds is 0. The minimum Gasteiger partial charge on any atom is -0.494 e. The fourth-order valence-corrected chi connectivity index (χ4v) is 4.94. The van der Waals surface area contributed by atoms with Crippen molar-refractivity contribution in [3.05, 3.63) is 108 Å². The molecule has 0 amide bonds. The summed E-state index contributed by atoms with van der Waals surface area (Å²) in [5, 5.41) is 0. The van der Waals surface area contributed by atoms with Crippen LogP contribution in [0.5, 0.6) is 11.5 Å². The zero-order valence-electron chi connectivity index (χ0n) is 24.6. The average Bonchev–Trinajstić information content (AvgIpc) is 3.05. The normalized spacial score (nSPS) is 17.2. The number of hydrogen-bond donors (Lipinski definition) is 0. The predicted octanol–water partition coefficient (Wildman–Crippen LogP) is 8.53. The highest BCUT2D eigenvalue weighted by Gasteiger charge is 2.16. The van der Waals surface area contributed by atoms with E-state index in [-0.39, 0.29) is 6.61 Å². The molecule has 0 N–H and O–H groups in total. The Morgan fingerprint density at radius 2 is 0.791 bits per heavy atom. The van der Waals surface area contributed by atoms with Crippen LogP contribution in [0.1, 0.15) is 66.2 Å². The Labute approximate surface area is 253 Å². The van der Waals surface area contributed by atoms with Crippen molar-refractivity contribution < 1.29 is 28.5 Å². The molecule has 0 saturated heterocycles. The summed E-state index contributed by atoms with van der Waals surface area (Å²) in [6.07, 6.45) is 6.15. The highest BCUT2D eigenvalue weighted by molar-refractivity contribution is 5.91. The number of ether oxygens (including phenoxy) is 4. The molecule has 8 aliphatic heterocycles. The van der Waals surface area contributed by atoms with E-state index in [1.54, 1.807) is 31.2 Å². The summed E-state index contributed by atoms with van der Waals surface area (Å²) < 4.78 is 22.8. The molecule has 0 radical (unpaired) electrons. The third-order valence-electron chi connectivity index (χ3n) is 7.45. The monoisotopic (exact) mass is 578 g/mol. The fraction of sp³-hybridized carbons (Fsp3) is 0.297. The quantitative estimate of drug-likeness (QED) is 0.195. The maximum Gasteiger partial charge on any atom is 0.338 e. The van der Waals surface area contributed by atoms with Gasteiger partial charge in [0.05, 0.1) is 24.3 Å². The van der Waals surface area contributed by atoms with Gasteiger partial charge in [0.1, 0.15) is 24.2 Å². The largest absolute Gasteiger partial charge is 0.494 e. The molecule has 8 bridgehead atoms. The summed E-state index contributed by atoms with van der Waals surface area (Å²) in [6.45, 7) is 3.07. The van der Waals surface area contributed by atoms with Crippen LogP contribution in [-0.4, -0.2) is 37.9 Å². The van der Waals surface area contributed by atoms with Crippen LogP contribution < -0.4 is 9.47 Å². The first kappa shape index (κ1) is 29.9. The molecule has 43 heavy (non-hydrogen) atoms. The molecule has 8 aliphatic rings. The van der Waals surface area contributed by atoms with Crippen molar-refractivity contribution in [3.8, 4) is 33.8 Å². The molecule has 0 spiro atoms. The molecule has 0 saturated carbocycles. The van der Waals surface area contributed by atoms with Crippen molar-refractivity contribution in [2.45, 2.75) is 51.6 Å². The van der Waals surface area contributed by atoms with Crippen molar-refractivity contribution in [2.75, 3.05) is 19.8 Å². The fourth-order valence-electron chi connectivity index (χ4n) is 4.94. The number of carbonyl (C=O) groups excluding carboxylic acids is 2. The molecule has 222 valence electrons. The van der Waals surface area contributed by atoms with E-state index in [4.69, 9.17) is 18.9 Å². The first-order valence-corrected chi connectivity index (χ1v) is 15.1. The lowest BCUT2D eigenvalue weighted by Gasteiger charge is -2.14. The van der Waals surface area contributed by atoms with Crippen LogP contribution in [0, 0.1) is 0 Å². The van der Waals surface area contributed by atoms with Gasteiger partial charge in [-0.2, -0.15) is 0 Å². The Hall–Kier alpha value is -4.58. The first-order valence-electron chi connectivity index (χ1n) is 15.1. The van der Waals surface area contributed by atoms with Gasteiger partial charge in [-0.05, 0) is 90.6 Å². The van der Waals surface area contributed by atoms with E-state index >= 15 is 0 Å². The van der Waals surface area contributed by atoms with E-state index < -0.39 is 18.0 Å². The summed E-state index contributed by atoms with van der Waals surface area (Å²) in [6, 6.07) is 30.5. The molecule has 1 atom stereocenters. The van der Waals surface area contributed by atoms with Gasteiger partial charge in [-0.15, -0.1) is 0 Å². The van der Waals surface area contributed by atoms with Gasteiger partial charge >= 0.3 is 11.9 Å². The molecule has 6 nitrogen and oxygen atoms in total. The van der Waals surface area contributed by atoms with Crippen LogP contribution in [-0.2, 0) is 9.47 Å². The summed E-state index contributed by atoms with van der Waals surface area (Å²) >= 11 is 0. The van der Waals surface area contributed by atoms with Crippen LogP contribution in [0.15, 0.2) is 97.1 Å². The SMILES string of the molecule is C[C@@H]1COC(=O)c2ccc(cc2)-c2ccc(cc2)OCCCCCCCCOc2ccc(cc2)-c2ccc(cc2)C(=O)O1. The molecule has 0 aliphatic carbocycles. The van der Waals surface area contributed by atoms with E-state index in [0.717, 1.165) is 59.4 Å². The van der Waals surface area contributed by atoms with Crippen LogP contribution in [0.25, 0.3) is 22.3 Å². The van der Waals surface area contributed by atoms with Crippen LogP contribution in [0.3, 0.4) is 0 Å². The van der Waals surface area contributed by atoms with Gasteiger partial charge in [0.25, 0.3) is 0 Å². The molecule has 4 aromatic carbocycles. The Morgan fingerprint density at radius 1 is 0.442 bits per heavy atom. The van der Waals surface area contributed by atoms with Gasteiger partial charge in [0, 0.05) is 0 Å². The van der Waals surface area contributed by atoms with Crippen molar-refractivity contribution >= 4 is 11.9 Å². The summed E-state index contributed by atoms with van der Waals surface area (Å²) in [4.78, 5) is 25.3. The van der Waals surface area contributed by atoms with E-state index in [1.165, 1.54) is 12.8 Å². The summed E-state index contributed by atoms with van der Waals surface area (Å²) in [5.41, 5.74) is 4.92. The number of hydrogen-bond acceptors (Lipinski definition) is 6. The Balaban J connectivity index is 1.23. The Bertz CT molecular complexity index is 1460. The van der Waals surface area contributed by atoms with Crippen molar-refractivity contribution in [3.63, 3.8) is 0 Å². The smallest absolute Gasteiger partial charge is 0.338 e. The van der Waals surface area contributed by atoms with Gasteiger partial charge in [0.15, 0.2) is 0 Å². The number of benzene rings is 4. The standard InChI is InChI=1S/C37H38O6/c1-27-26-42-36(38)32-12-8-28(9-13-32)30-16-20-34(21-17-30)40-24-6-4-2-3-5-7-25-41-35-22-18-31(19-23-35)29-10-14-33(15-11-29)37(39)43-27/h8-23,27H,2-7,24-26H2,1H3/t27-/m1/s1. The minimum atomic E-state index is -0.599. The lowest BCUT2D eigenvalue weighted by molar-refractivity contribution is 0.00448. The van der Waals surface area contributed by atoms with E-state index in [9.17, 15) is 9.59 Å². The summed E-state index contributed by atoms with van der Waals surface area (Å²) in [7, 11) is 0. The van der Waals surface area contributed by atoms with Gasteiger partial charge in [-0.1, -0.05) is 74.2 Å². The van der Waals surface area contributed by atoms with Crippen molar-refractivity contribution in [1.29, 1.82) is 0 Å². The predicted molar refractivity (Wildman–Crippen MR) is 168 cm³/mol. The first-order chi connectivity index (χ1) is 21.0. The highest BCUT2D eigenvalue weighted by atomic mass is 16.6. The zero-order valence-corrected chi connectivity index (χ0v) is 24.6. The Morgan fingerprint density at radius 3 is 1.23 bits per heavy atom. The van der Waals surface area contributed by atoms with Gasteiger partial charge in [-0.3, -0.25) is 0 Å². The lowest BCUT2D eigenvalue weighted by Crippen LogP contribution is -2.22. The lowest BCUT2D eigenvalue weighted by atomic mass is 10.0. The van der Waals surface area contributed by atoms with Gasteiger partial charge in [-0.25, -0.2) is 9.59 Å². The average molecular weight is 579 g/mol. The summed E-state index contributed by atoms with van der Waals surface area (Å²) in [5.74, 6) is 0.772. The zero-order chi connectivity index (χ0) is 29.9. The van der Waals surface area contributed by atoms with E-state index in [0.29, 0.717) is 24.3 Å². The molecule has 0 fully saturated rings. The van der Waals surface area contributed by atoms with Crippen LogP contribution >= 0.6 is 0 Å². The molecule has 0 aromatic heterocycles. The van der Waals surface area contributed by atoms with Crippen molar-refractivity contribution in [2.24, 2.45) is 0 Å². The molecular formula is C37H38O6.